The summed E-state index contributed by atoms with van der Waals surface area (Å²) < 4.78 is 12.6. The van der Waals surface area contributed by atoms with Gasteiger partial charge in [-0.25, -0.2) is 9.48 Å². The minimum absolute atomic E-state index is 0.0437. The zero-order valence-corrected chi connectivity index (χ0v) is 10.2. The Morgan fingerprint density at radius 3 is 3.11 bits per heavy atom. The first kappa shape index (κ1) is 12.1. The number of carboxylic acids is 1. The molecule has 1 atom stereocenters. The molecular formula is C12H13N3O4. The predicted octanol–water partition coefficient (Wildman–Crippen LogP) is 0.545. The highest BCUT2D eigenvalue weighted by molar-refractivity contribution is 5.92. The van der Waals surface area contributed by atoms with Crippen molar-refractivity contribution in [3.05, 3.63) is 23.8 Å². The molecule has 100 valence electrons. The van der Waals surface area contributed by atoms with Crippen LogP contribution in [0.25, 0.3) is 11.0 Å². The molecule has 0 bridgehead atoms. The van der Waals surface area contributed by atoms with E-state index in [2.05, 4.69) is 10.3 Å². The molecule has 1 saturated heterocycles. The highest BCUT2D eigenvalue weighted by Crippen LogP contribution is 2.15. The third-order valence-corrected chi connectivity index (χ3v) is 3.02. The molecule has 2 aromatic rings. The summed E-state index contributed by atoms with van der Waals surface area (Å²) >= 11 is 0. The van der Waals surface area contributed by atoms with Crippen LogP contribution in [-0.2, 0) is 16.0 Å². The summed E-state index contributed by atoms with van der Waals surface area (Å²) in [5.74, 6) is -0.972. The van der Waals surface area contributed by atoms with Crippen LogP contribution < -0.4 is 0 Å². The molecule has 0 amide bonds. The Morgan fingerprint density at radius 1 is 1.47 bits per heavy atom. The molecule has 2 heterocycles. The normalized spacial score (nSPS) is 19.7. The van der Waals surface area contributed by atoms with E-state index < -0.39 is 5.97 Å². The van der Waals surface area contributed by atoms with Gasteiger partial charge in [-0.1, -0.05) is 5.21 Å². The molecule has 0 saturated carbocycles. The highest BCUT2D eigenvalue weighted by Gasteiger charge is 2.17. The number of aromatic nitrogens is 3. The molecule has 1 aliphatic heterocycles. The van der Waals surface area contributed by atoms with Gasteiger partial charge in [0.2, 0.25) is 0 Å². The average molecular weight is 263 g/mol. The molecular weight excluding hydrogens is 250 g/mol. The lowest BCUT2D eigenvalue weighted by molar-refractivity contribution is -0.0943. The Morgan fingerprint density at radius 2 is 2.37 bits per heavy atom. The van der Waals surface area contributed by atoms with Crippen molar-refractivity contribution in [2.75, 3.05) is 19.8 Å². The van der Waals surface area contributed by atoms with Crippen molar-refractivity contribution in [3.63, 3.8) is 0 Å². The molecule has 1 aliphatic rings. The Balaban J connectivity index is 1.86. The second kappa shape index (κ2) is 4.94. The van der Waals surface area contributed by atoms with Gasteiger partial charge in [0.05, 0.1) is 37.4 Å². The van der Waals surface area contributed by atoms with Crippen molar-refractivity contribution in [2.45, 2.75) is 12.6 Å². The van der Waals surface area contributed by atoms with Crippen molar-refractivity contribution in [2.24, 2.45) is 0 Å². The lowest BCUT2D eigenvalue weighted by atomic mass is 10.2. The van der Waals surface area contributed by atoms with Gasteiger partial charge in [-0.15, -0.1) is 5.10 Å². The van der Waals surface area contributed by atoms with Gasteiger partial charge in [-0.3, -0.25) is 0 Å². The topological polar surface area (TPSA) is 86.5 Å². The van der Waals surface area contributed by atoms with Crippen molar-refractivity contribution >= 4 is 17.0 Å². The van der Waals surface area contributed by atoms with Gasteiger partial charge in [0.1, 0.15) is 11.6 Å². The lowest BCUT2D eigenvalue weighted by Crippen LogP contribution is -2.32. The summed E-state index contributed by atoms with van der Waals surface area (Å²) in [6.45, 7) is 2.29. The first-order valence-electron chi connectivity index (χ1n) is 6.00. The van der Waals surface area contributed by atoms with Crippen LogP contribution in [0.4, 0.5) is 0 Å². The van der Waals surface area contributed by atoms with E-state index in [9.17, 15) is 4.79 Å². The van der Waals surface area contributed by atoms with E-state index in [1.54, 1.807) is 16.8 Å². The molecule has 1 fully saturated rings. The fourth-order valence-electron chi connectivity index (χ4n) is 2.07. The van der Waals surface area contributed by atoms with E-state index in [-0.39, 0.29) is 11.7 Å². The third kappa shape index (κ3) is 2.42. The van der Waals surface area contributed by atoms with Crippen LogP contribution in [0.2, 0.25) is 0 Å². The van der Waals surface area contributed by atoms with Gasteiger partial charge in [-0.2, -0.15) is 0 Å². The van der Waals surface area contributed by atoms with Crippen LogP contribution in [0.15, 0.2) is 18.2 Å². The van der Waals surface area contributed by atoms with Gasteiger partial charge >= 0.3 is 5.97 Å². The summed E-state index contributed by atoms with van der Waals surface area (Å²) in [7, 11) is 0. The number of hydrogen-bond acceptors (Lipinski definition) is 5. The highest BCUT2D eigenvalue weighted by atomic mass is 16.6. The van der Waals surface area contributed by atoms with Gasteiger partial charge in [0.25, 0.3) is 0 Å². The largest absolute Gasteiger partial charge is 0.478 e. The first-order chi connectivity index (χ1) is 9.24. The summed E-state index contributed by atoms with van der Waals surface area (Å²) in [6, 6.07) is 4.77. The van der Waals surface area contributed by atoms with Gasteiger partial charge in [0, 0.05) is 0 Å². The number of carboxylic acid groups (broad SMARTS) is 1. The van der Waals surface area contributed by atoms with Crippen LogP contribution >= 0.6 is 0 Å². The minimum Gasteiger partial charge on any atom is -0.478 e. The molecule has 0 aliphatic carbocycles. The Bertz CT molecular complexity index is 604. The fourth-order valence-corrected chi connectivity index (χ4v) is 2.07. The number of nitrogens with zero attached hydrogens (tertiary/aromatic N) is 3. The number of aromatic carboxylic acids is 1. The Hall–Kier alpha value is -1.99. The number of ether oxygens (including phenoxy) is 2. The zero-order chi connectivity index (χ0) is 13.2. The second-order valence-corrected chi connectivity index (χ2v) is 4.35. The van der Waals surface area contributed by atoms with Crippen LogP contribution in [0, 0.1) is 0 Å². The first-order valence-corrected chi connectivity index (χ1v) is 6.00. The van der Waals surface area contributed by atoms with Crippen LogP contribution in [0.3, 0.4) is 0 Å². The smallest absolute Gasteiger partial charge is 0.335 e. The number of benzene rings is 1. The maximum absolute atomic E-state index is 10.9. The molecule has 1 unspecified atom stereocenters. The van der Waals surface area contributed by atoms with E-state index >= 15 is 0 Å². The van der Waals surface area contributed by atoms with Crippen molar-refractivity contribution in [3.8, 4) is 0 Å². The summed E-state index contributed by atoms with van der Waals surface area (Å²) in [5.41, 5.74) is 1.56. The maximum atomic E-state index is 10.9. The maximum Gasteiger partial charge on any atom is 0.335 e. The molecule has 0 radical (unpaired) electrons. The van der Waals surface area contributed by atoms with Crippen molar-refractivity contribution in [1.82, 2.24) is 15.0 Å². The van der Waals surface area contributed by atoms with E-state index in [0.717, 1.165) is 5.52 Å². The van der Waals surface area contributed by atoms with Gasteiger partial charge in [-0.05, 0) is 18.2 Å². The standard InChI is InChI=1S/C12H13N3O4/c16-12(17)8-1-2-11-10(5-8)13-14-15(11)6-9-7-18-3-4-19-9/h1-2,5,9H,3-4,6-7H2,(H,16,17). The van der Waals surface area contributed by atoms with Gasteiger partial charge < -0.3 is 14.6 Å². The SMILES string of the molecule is O=C(O)c1ccc2c(c1)nnn2CC1COCCO1. The van der Waals surface area contributed by atoms with Crippen molar-refractivity contribution in [1.29, 1.82) is 0 Å². The summed E-state index contributed by atoms with van der Waals surface area (Å²) in [5, 5.41) is 16.9. The quantitative estimate of drug-likeness (QED) is 0.870. The van der Waals surface area contributed by atoms with Gasteiger partial charge in [0.15, 0.2) is 0 Å². The Kier molecular flexibility index (Phi) is 3.14. The van der Waals surface area contributed by atoms with Crippen molar-refractivity contribution < 1.29 is 19.4 Å². The third-order valence-electron chi connectivity index (χ3n) is 3.02. The molecule has 1 N–H and O–H groups in total. The monoisotopic (exact) mass is 263 g/mol. The second-order valence-electron chi connectivity index (χ2n) is 4.35. The minimum atomic E-state index is -0.972. The molecule has 1 aromatic heterocycles. The predicted molar refractivity (Wildman–Crippen MR) is 65.0 cm³/mol. The molecule has 19 heavy (non-hydrogen) atoms. The zero-order valence-electron chi connectivity index (χ0n) is 10.2. The molecule has 0 spiro atoms. The number of rotatable bonds is 3. The number of fused-ring (bicyclic) bond motifs is 1. The molecule has 3 rings (SSSR count). The fraction of sp³-hybridized carbons (Fsp3) is 0.417. The van der Waals surface area contributed by atoms with E-state index in [1.807, 2.05) is 0 Å². The molecule has 1 aromatic carbocycles. The number of carbonyl (C=O) groups is 1. The lowest BCUT2D eigenvalue weighted by Gasteiger charge is -2.22. The molecule has 7 heteroatoms. The summed E-state index contributed by atoms with van der Waals surface area (Å²) in [6.07, 6.45) is -0.0437. The van der Waals surface area contributed by atoms with Crippen LogP contribution in [0.5, 0.6) is 0 Å². The van der Waals surface area contributed by atoms with E-state index in [0.29, 0.717) is 31.9 Å². The van der Waals surface area contributed by atoms with E-state index in [1.165, 1.54) is 6.07 Å². The van der Waals surface area contributed by atoms with Crippen LogP contribution in [0.1, 0.15) is 10.4 Å². The Labute approximate surface area is 108 Å². The van der Waals surface area contributed by atoms with Crippen LogP contribution in [-0.4, -0.2) is 52.0 Å². The molecule has 7 nitrogen and oxygen atoms in total. The van der Waals surface area contributed by atoms with E-state index in [4.69, 9.17) is 14.6 Å². The number of hydrogen-bond donors (Lipinski definition) is 1. The summed E-state index contributed by atoms with van der Waals surface area (Å²) in [4.78, 5) is 10.9. The average Bonchev–Trinajstić information content (AvgIpc) is 2.82.